The number of hydrogen-bond donors (Lipinski definition) is 2. The lowest BCUT2D eigenvalue weighted by Gasteiger charge is -2.11. The van der Waals surface area contributed by atoms with Crippen molar-refractivity contribution in [3.63, 3.8) is 0 Å². The Kier molecular flexibility index (Phi) is 5.06. The summed E-state index contributed by atoms with van der Waals surface area (Å²) in [5, 5.41) is 4.29. The Bertz CT molecular complexity index is 1080. The van der Waals surface area contributed by atoms with Gasteiger partial charge in [-0.15, -0.1) is 0 Å². The molecule has 0 saturated carbocycles. The van der Waals surface area contributed by atoms with Crippen molar-refractivity contribution in [2.24, 2.45) is 0 Å². The van der Waals surface area contributed by atoms with Crippen LogP contribution in [0.1, 0.15) is 18.1 Å². The van der Waals surface area contributed by atoms with Crippen LogP contribution in [-0.2, 0) is 21.4 Å². The van der Waals surface area contributed by atoms with Gasteiger partial charge in [-0.3, -0.25) is 4.79 Å². The van der Waals surface area contributed by atoms with E-state index in [9.17, 15) is 13.2 Å². The van der Waals surface area contributed by atoms with Gasteiger partial charge in [0.15, 0.2) is 0 Å². The van der Waals surface area contributed by atoms with Gasteiger partial charge in [0, 0.05) is 24.5 Å². The third kappa shape index (κ3) is 3.92. The van der Waals surface area contributed by atoms with E-state index in [1.54, 1.807) is 30.3 Å². The number of benzene rings is 3. The van der Waals surface area contributed by atoms with Crippen molar-refractivity contribution >= 4 is 32.4 Å². The van der Waals surface area contributed by atoms with Crippen LogP contribution in [0.25, 0.3) is 10.8 Å². The molecule has 0 fully saturated rings. The van der Waals surface area contributed by atoms with Crippen LogP contribution in [0.15, 0.2) is 65.6 Å². The molecule has 0 heterocycles. The molecule has 3 aromatic rings. The minimum atomic E-state index is -3.64. The van der Waals surface area contributed by atoms with Crippen molar-refractivity contribution < 1.29 is 13.2 Å². The second-order valence-electron chi connectivity index (χ2n) is 6.12. The summed E-state index contributed by atoms with van der Waals surface area (Å²) in [6.07, 6.45) is 0. The van der Waals surface area contributed by atoms with Gasteiger partial charge < -0.3 is 5.32 Å². The molecule has 26 heavy (non-hydrogen) atoms. The largest absolute Gasteiger partial charge is 0.326 e. The summed E-state index contributed by atoms with van der Waals surface area (Å²) in [7, 11) is -3.64. The molecular formula is C20H20N2O3S. The van der Waals surface area contributed by atoms with Crippen LogP contribution in [0.5, 0.6) is 0 Å². The molecule has 0 aliphatic carbocycles. The van der Waals surface area contributed by atoms with Crippen LogP contribution in [-0.4, -0.2) is 14.3 Å². The first-order valence-electron chi connectivity index (χ1n) is 8.21. The van der Waals surface area contributed by atoms with E-state index in [4.69, 9.17) is 0 Å². The molecule has 0 saturated heterocycles. The van der Waals surface area contributed by atoms with Gasteiger partial charge >= 0.3 is 0 Å². The summed E-state index contributed by atoms with van der Waals surface area (Å²) in [4.78, 5) is 11.5. The summed E-state index contributed by atoms with van der Waals surface area (Å²) in [6, 6.07) is 17.9. The number of sulfonamides is 1. The number of nitrogens with one attached hydrogen (secondary N) is 2. The van der Waals surface area contributed by atoms with Gasteiger partial charge in [0.05, 0.1) is 4.90 Å². The molecule has 134 valence electrons. The zero-order valence-corrected chi connectivity index (χ0v) is 15.4. The standard InChI is InChI=1S/C20H20N2O3S/c1-14-6-3-4-7-17(14)13-21-26(24,25)18-10-11-19-16(12-18)8-5-9-20(19)22-15(2)23/h3-12,21H,13H2,1-2H3,(H,22,23). The Balaban J connectivity index is 1.89. The molecule has 0 aliphatic heterocycles. The third-order valence-corrected chi connectivity index (χ3v) is 5.59. The van der Waals surface area contributed by atoms with Crippen molar-refractivity contribution in [1.82, 2.24) is 4.72 Å². The summed E-state index contributed by atoms with van der Waals surface area (Å²) < 4.78 is 27.9. The van der Waals surface area contributed by atoms with Crippen LogP contribution >= 0.6 is 0 Å². The number of hydrogen-bond acceptors (Lipinski definition) is 3. The van der Waals surface area contributed by atoms with Crippen LogP contribution in [0.2, 0.25) is 0 Å². The molecule has 2 N–H and O–H groups in total. The zero-order valence-electron chi connectivity index (χ0n) is 14.6. The average Bonchev–Trinajstić information content (AvgIpc) is 2.60. The Morgan fingerprint density at radius 1 is 1.00 bits per heavy atom. The highest BCUT2D eigenvalue weighted by molar-refractivity contribution is 7.89. The molecule has 6 heteroatoms. The van der Waals surface area contributed by atoms with Crippen molar-refractivity contribution in [2.75, 3.05) is 5.32 Å². The lowest BCUT2D eigenvalue weighted by atomic mass is 10.1. The Morgan fingerprint density at radius 3 is 2.50 bits per heavy atom. The first kappa shape index (κ1) is 18.1. The van der Waals surface area contributed by atoms with Gasteiger partial charge in [0.1, 0.15) is 0 Å². The number of anilines is 1. The Labute approximate surface area is 153 Å². The number of aryl methyl sites for hydroxylation is 1. The van der Waals surface area contributed by atoms with Crippen LogP contribution in [0, 0.1) is 6.92 Å². The van der Waals surface area contributed by atoms with Gasteiger partial charge in [-0.1, -0.05) is 42.5 Å². The topological polar surface area (TPSA) is 75.3 Å². The summed E-state index contributed by atoms with van der Waals surface area (Å²) in [6.45, 7) is 3.62. The SMILES string of the molecule is CC(=O)Nc1cccc2cc(S(=O)(=O)NCc3ccccc3C)ccc12. The summed E-state index contributed by atoms with van der Waals surface area (Å²) in [5.74, 6) is -0.172. The molecule has 0 radical (unpaired) electrons. The van der Waals surface area contributed by atoms with E-state index in [2.05, 4.69) is 10.0 Å². The summed E-state index contributed by atoms with van der Waals surface area (Å²) in [5.41, 5.74) is 2.63. The summed E-state index contributed by atoms with van der Waals surface area (Å²) >= 11 is 0. The number of carbonyl (C=O) groups excluding carboxylic acids is 1. The van der Waals surface area contributed by atoms with Crippen molar-refractivity contribution in [2.45, 2.75) is 25.3 Å². The Hall–Kier alpha value is -2.70. The number of carbonyl (C=O) groups is 1. The monoisotopic (exact) mass is 368 g/mol. The van der Waals surface area contributed by atoms with Gasteiger partial charge in [-0.25, -0.2) is 13.1 Å². The molecule has 0 bridgehead atoms. The first-order chi connectivity index (χ1) is 12.4. The molecule has 5 nitrogen and oxygen atoms in total. The molecule has 0 aliphatic rings. The smallest absolute Gasteiger partial charge is 0.240 e. The lowest BCUT2D eigenvalue weighted by molar-refractivity contribution is -0.114. The minimum Gasteiger partial charge on any atom is -0.326 e. The van der Waals surface area contributed by atoms with E-state index >= 15 is 0 Å². The second kappa shape index (κ2) is 7.27. The van der Waals surface area contributed by atoms with E-state index in [1.807, 2.05) is 37.3 Å². The highest BCUT2D eigenvalue weighted by atomic mass is 32.2. The second-order valence-corrected chi connectivity index (χ2v) is 7.89. The van der Waals surface area contributed by atoms with E-state index in [1.165, 1.54) is 6.92 Å². The van der Waals surface area contributed by atoms with Gasteiger partial charge in [0.25, 0.3) is 0 Å². The van der Waals surface area contributed by atoms with E-state index in [-0.39, 0.29) is 17.3 Å². The quantitative estimate of drug-likeness (QED) is 0.723. The highest BCUT2D eigenvalue weighted by Gasteiger charge is 2.15. The maximum Gasteiger partial charge on any atom is 0.240 e. The minimum absolute atomic E-state index is 0.172. The van der Waals surface area contributed by atoms with Crippen molar-refractivity contribution in [1.29, 1.82) is 0 Å². The van der Waals surface area contributed by atoms with Gasteiger partial charge in [-0.2, -0.15) is 0 Å². The van der Waals surface area contributed by atoms with Crippen LogP contribution in [0.4, 0.5) is 5.69 Å². The molecule has 0 atom stereocenters. The highest BCUT2D eigenvalue weighted by Crippen LogP contribution is 2.26. The Morgan fingerprint density at radius 2 is 1.77 bits per heavy atom. The fourth-order valence-corrected chi connectivity index (χ4v) is 3.83. The normalized spacial score (nSPS) is 11.5. The molecule has 0 aromatic heterocycles. The number of fused-ring (bicyclic) bond motifs is 1. The number of rotatable bonds is 5. The number of amides is 1. The molecule has 3 rings (SSSR count). The van der Waals surface area contributed by atoms with Crippen LogP contribution in [0.3, 0.4) is 0 Å². The van der Waals surface area contributed by atoms with Crippen molar-refractivity contribution in [3.05, 3.63) is 71.8 Å². The first-order valence-corrected chi connectivity index (χ1v) is 9.70. The van der Waals surface area contributed by atoms with Crippen molar-refractivity contribution in [3.8, 4) is 0 Å². The lowest BCUT2D eigenvalue weighted by Crippen LogP contribution is -2.23. The molecule has 0 spiro atoms. The average molecular weight is 368 g/mol. The predicted molar refractivity (Wildman–Crippen MR) is 103 cm³/mol. The van der Waals surface area contributed by atoms with Crippen LogP contribution < -0.4 is 10.0 Å². The molecule has 1 amide bonds. The molecular weight excluding hydrogens is 348 g/mol. The maximum absolute atomic E-state index is 12.6. The molecule has 0 unspecified atom stereocenters. The molecule has 3 aromatic carbocycles. The zero-order chi connectivity index (χ0) is 18.7. The maximum atomic E-state index is 12.6. The fourth-order valence-electron chi connectivity index (χ4n) is 2.79. The fraction of sp³-hybridized carbons (Fsp3) is 0.150. The van der Waals surface area contributed by atoms with E-state index in [0.29, 0.717) is 5.69 Å². The third-order valence-electron chi connectivity index (χ3n) is 4.19. The van der Waals surface area contributed by atoms with E-state index < -0.39 is 10.0 Å². The van der Waals surface area contributed by atoms with Gasteiger partial charge in [0.2, 0.25) is 15.9 Å². The predicted octanol–water partition coefficient (Wildman–Crippen LogP) is 3.59. The van der Waals surface area contributed by atoms with Gasteiger partial charge in [-0.05, 0) is 41.6 Å². The van der Waals surface area contributed by atoms with E-state index in [0.717, 1.165) is 21.9 Å².